The topological polar surface area (TPSA) is 48.1 Å². The molecule has 1 unspecified atom stereocenters. The van der Waals surface area contributed by atoms with E-state index in [-0.39, 0.29) is 6.04 Å². The predicted molar refractivity (Wildman–Crippen MR) is 72.7 cm³/mol. The van der Waals surface area contributed by atoms with Gasteiger partial charge in [0.15, 0.2) is 0 Å². The molecule has 0 radical (unpaired) electrons. The van der Waals surface area contributed by atoms with Gasteiger partial charge in [0.25, 0.3) is 0 Å². The minimum atomic E-state index is -0.263. The average molecular weight is 242 g/mol. The summed E-state index contributed by atoms with van der Waals surface area (Å²) >= 11 is 0. The summed E-state index contributed by atoms with van der Waals surface area (Å²) in [4.78, 5) is 4.30. The Kier molecular flexibility index (Phi) is 3.63. The van der Waals surface area contributed by atoms with E-state index in [9.17, 15) is 0 Å². The zero-order valence-corrected chi connectivity index (χ0v) is 11.0. The van der Waals surface area contributed by atoms with Crippen LogP contribution in [0.15, 0.2) is 36.5 Å². The second-order valence-electron chi connectivity index (χ2n) is 4.36. The van der Waals surface area contributed by atoms with Crippen LogP contribution < -0.4 is 10.5 Å². The second kappa shape index (κ2) is 5.19. The number of aromatic nitrogens is 1. The molecule has 1 aromatic carbocycles. The van der Waals surface area contributed by atoms with E-state index in [1.807, 2.05) is 31.2 Å². The minimum Gasteiger partial charge on any atom is -0.496 e. The smallest absolute Gasteiger partial charge is 0.127 e. The van der Waals surface area contributed by atoms with Crippen LogP contribution >= 0.6 is 0 Å². The summed E-state index contributed by atoms with van der Waals surface area (Å²) in [6, 6.07) is 9.57. The van der Waals surface area contributed by atoms with Crippen molar-refractivity contribution in [1.82, 2.24) is 4.98 Å². The van der Waals surface area contributed by atoms with Gasteiger partial charge < -0.3 is 10.5 Å². The summed E-state index contributed by atoms with van der Waals surface area (Å²) in [5.41, 5.74) is 10.4. The Morgan fingerprint density at radius 1 is 1.17 bits per heavy atom. The fourth-order valence-electron chi connectivity index (χ4n) is 2.05. The molecule has 1 atom stereocenters. The minimum absolute atomic E-state index is 0.263. The highest BCUT2D eigenvalue weighted by Gasteiger charge is 2.17. The first-order valence-corrected chi connectivity index (χ1v) is 5.95. The van der Waals surface area contributed by atoms with E-state index in [1.165, 1.54) is 5.56 Å². The lowest BCUT2D eigenvalue weighted by molar-refractivity contribution is 0.404. The molecule has 0 aliphatic rings. The van der Waals surface area contributed by atoms with Crippen LogP contribution in [-0.2, 0) is 0 Å². The fraction of sp³-hybridized carbons (Fsp3) is 0.267. The van der Waals surface area contributed by atoms with Gasteiger partial charge in [-0.1, -0.05) is 18.2 Å². The SMILES string of the molecule is COc1c(C(N)c2ccccn2)ccc(C)c1C. The molecule has 2 rings (SSSR count). The molecule has 0 aliphatic heterocycles. The quantitative estimate of drug-likeness (QED) is 0.900. The molecule has 0 saturated carbocycles. The maximum Gasteiger partial charge on any atom is 0.127 e. The third kappa shape index (κ3) is 2.22. The number of methoxy groups -OCH3 is 1. The van der Waals surface area contributed by atoms with Gasteiger partial charge in [-0.25, -0.2) is 0 Å². The molecule has 0 bridgehead atoms. The Hall–Kier alpha value is -1.87. The first-order valence-electron chi connectivity index (χ1n) is 5.95. The van der Waals surface area contributed by atoms with Gasteiger partial charge in [-0.15, -0.1) is 0 Å². The van der Waals surface area contributed by atoms with Crippen LogP contribution in [0, 0.1) is 13.8 Å². The molecule has 0 amide bonds. The molecule has 2 aromatic rings. The van der Waals surface area contributed by atoms with E-state index >= 15 is 0 Å². The molecule has 18 heavy (non-hydrogen) atoms. The van der Waals surface area contributed by atoms with Gasteiger partial charge in [-0.3, -0.25) is 4.98 Å². The van der Waals surface area contributed by atoms with E-state index in [1.54, 1.807) is 13.3 Å². The molecule has 3 nitrogen and oxygen atoms in total. The number of pyridine rings is 1. The van der Waals surface area contributed by atoms with Gasteiger partial charge in [-0.05, 0) is 37.1 Å². The fourth-order valence-corrected chi connectivity index (χ4v) is 2.05. The Morgan fingerprint density at radius 2 is 1.94 bits per heavy atom. The lowest BCUT2D eigenvalue weighted by atomic mass is 9.97. The zero-order chi connectivity index (χ0) is 13.1. The van der Waals surface area contributed by atoms with E-state index in [0.717, 1.165) is 22.6 Å². The Morgan fingerprint density at radius 3 is 2.56 bits per heavy atom. The van der Waals surface area contributed by atoms with Gasteiger partial charge in [0.05, 0.1) is 18.8 Å². The van der Waals surface area contributed by atoms with E-state index in [0.29, 0.717) is 0 Å². The molecule has 0 fully saturated rings. The van der Waals surface area contributed by atoms with E-state index in [2.05, 4.69) is 18.0 Å². The van der Waals surface area contributed by atoms with Crippen LogP contribution in [0.4, 0.5) is 0 Å². The van der Waals surface area contributed by atoms with E-state index in [4.69, 9.17) is 10.5 Å². The highest BCUT2D eigenvalue weighted by atomic mass is 16.5. The number of hydrogen-bond acceptors (Lipinski definition) is 3. The van der Waals surface area contributed by atoms with Crippen molar-refractivity contribution in [3.05, 3.63) is 58.9 Å². The van der Waals surface area contributed by atoms with E-state index < -0.39 is 0 Å². The van der Waals surface area contributed by atoms with Gasteiger partial charge in [0.1, 0.15) is 5.75 Å². The lowest BCUT2D eigenvalue weighted by Gasteiger charge is -2.18. The molecule has 0 spiro atoms. The first kappa shape index (κ1) is 12.6. The van der Waals surface area contributed by atoms with Crippen LogP contribution in [0.2, 0.25) is 0 Å². The molecule has 2 N–H and O–H groups in total. The number of ether oxygens (including phenoxy) is 1. The summed E-state index contributed by atoms with van der Waals surface area (Å²) in [7, 11) is 1.68. The van der Waals surface area contributed by atoms with Crippen molar-refractivity contribution < 1.29 is 4.74 Å². The number of benzene rings is 1. The van der Waals surface area contributed by atoms with Crippen LogP contribution in [-0.4, -0.2) is 12.1 Å². The number of aryl methyl sites for hydroxylation is 1. The molecule has 0 saturated heterocycles. The summed E-state index contributed by atoms with van der Waals surface area (Å²) in [5.74, 6) is 0.855. The Labute approximate surface area is 108 Å². The Bertz CT molecular complexity index is 538. The highest BCUT2D eigenvalue weighted by Crippen LogP contribution is 2.32. The number of nitrogens with zero attached hydrogens (tertiary/aromatic N) is 1. The van der Waals surface area contributed by atoms with Crippen LogP contribution in [0.1, 0.15) is 28.4 Å². The first-order chi connectivity index (χ1) is 8.65. The third-order valence-corrected chi connectivity index (χ3v) is 3.25. The van der Waals surface area contributed by atoms with Crippen LogP contribution in [0.3, 0.4) is 0 Å². The number of rotatable bonds is 3. The van der Waals surface area contributed by atoms with Gasteiger partial charge >= 0.3 is 0 Å². The van der Waals surface area contributed by atoms with Crippen molar-refractivity contribution in [1.29, 1.82) is 0 Å². The van der Waals surface area contributed by atoms with Crippen molar-refractivity contribution in [3.63, 3.8) is 0 Å². The van der Waals surface area contributed by atoms with Crippen molar-refractivity contribution in [2.45, 2.75) is 19.9 Å². The molecular weight excluding hydrogens is 224 g/mol. The summed E-state index contributed by atoms with van der Waals surface area (Å²) in [6.45, 7) is 4.11. The van der Waals surface area contributed by atoms with Crippen LogP contribution in [0.25, 0.3) is 0 Å². The molecule has 3 heteroatoms. The highest BCUT2D eigenvalue weighted by molar-refractivity contribution is 5.48. The van der Waals surface area contributed by atoms with Crippen LogP contribution in [0.5, 0.6) is 5.75 Å². The molecule has 1 heterocycles. The number of hydrogen-bond donors (Lipinski definition) is 1. The normalized spacial score (nSPS) is 12.2. The average Bonchev–Trinajstić information content (AvgIpc) is 2.42. The van der Waals surface area contributed by atoms with Crippen molar-refractivity contribution >= 4 is 0 Å². The largest absolute Gasteiger partial charge is 0.496 e. The molecule has 0 aliphatic carbocycles. The summed E-state index contributed by atoms with van der Waals surface area (Å²) in [5, 5.41) is 0. The maximum atomic E-state index is 6.27. The summed E-state index contributed by atoms with van der Waals surface area (Å²) < 4.78 is 5.49. The lowest BCUT2D eigenvalue weighted by Crippen LogP contribution is -2.15. The van der Waals surface area contributed by atoms with Gasteiger partial charge in [-0.2, -0.15) is 0 Å². The molecular formula is C15H18N2O. The Balaban J connectivity index is 2.49. The number of nitrogens with two attached hydrogens (primary N) is 1. The zero-order valence-electron chi connectivity index (χ0n) is 11.0. The molecule has 1 aromatic heterocycles. The standard InChI is InChI=1S/C15H18N2O/c1-10-7-8-12(15(18-3)11(10)2)14(16)13-6-4-5-9-17-13/h4-9,14H,16H2,1-3H3. The maximum absolute atomic E-state index is 6.27. The van der Waals surface area contributed by atoms with Crippen molar-refractivity contribution in [2.24, 2.45) is 5.73 Å². The summed E-state index contributed by atoms with van der Waals surface area (Å²) in [6.07, 6.45) is 1.75. The van der Waals surface area contributed by atoms with Gasteiger partial charge in [0.2, 0.25) is 0 Å². The predicted octanol–water partition coefficient (Wildman–Crippen LogP) is 2.76. The van der Waals surface area contributed by atoms with Crippen molar-refractivity contribution in [3.8, 4) is 5.75 Å². The van der Waals surface area contributed by atoms with Crippen molar-refractivity contribution in [2.75, 3.05) is 7.11 Å². The monoisotopic (exact) mass is 242 g/mol. The third-order valence-electron chi connectivity index (χ3n) is 3.25. The molecule has 94 valence electrons. The second-order valence-corrected chi connectivity index (χ2v) is 4.36. The van der Waals surface area contributed by atoms with Gasteiger partial charge in [0, 0.05) is 11.8 Å².